The number of halogens is 1. The largest absolute Gasteiger partial charge is 0.371 e. The van der Waals surface area contributed by atoms with Crippen LogP contribution in [0.1, 0.15) is 18.4 Å². The van der Waals surface area contributed by atoms with Crippen molar-refractivity contribution < 1.29 is 0 Å². The molecule has 1 heterocycles. The van der Waals surface area contributed by atoms with Crippen LogP contribution in [0.4, 0.5) is 5.69 Å². The second-order valence-corrected chi connectivity index (χ2v) is 3.84. The van der Waals surface area contributed by atoms with Crippen LogP contribution in [0.2, 0.25) is 5.02 Å². The molecule has 1 aliphatic heterocycles. The third-order valence-corrected chi connectivity index (χ3v) is 2.89. The first-order chi connectivity index (χ1) is 6.29. The summed E-state index contributed by atoms with van der Waals surface area (Å²) in [4.78, 5) is 2.36. The van der Waals surface area contributed by atoms with E-state index < -0.39 is 0 Å². The van der Waals surface area contributed by atoms with Gasteiger partial charge in [0.1, 0.15) is 0 Å². The first kappa shape index (κ1) is 8.89. The van der Waals surface area contributed by atoms with E-state index in [0.29, 0.717) is 0 Å². The molecule has 1 nitrogen and oxygen atoms in total. The van der Waals surface area contributed by atoms with Gasteiger partial charge in [0.25, 0.3) is 0 Å². The predicted octanol–water partition coefficient (Wildman–Crippen LogP) is 3.12. The van der Waals surface area contributed by atoms with E-state index in [0.717, 1.165) is 23.7 Å². The maximum atomic E-state index is 6.00. The fourth-order valence-corrected chi connectivity index (χ4v) is 1.97. The van der Waals surface area contributed by atoms with Crippen molar-refractivity contribution in [2.75, 3.05) is 18.0 Å². The van der Waals surface area contributed by atoms with Crippen molar-refractivity contribution in [1.29, 1.82) is 0 Å². The first-order valence-corrected chi connectivity index (χ1v) is 5.02. The number of rotatable bonds is 1. The molecule has 0 amide bonds. The fraction of sp³-hybridized carbons (Fsp3) is 0.364. The molecular weight excluding hydrogens is 182 g/mol. The zero-order valence-corrected chi connectivity index (χ0v) is 8.35. The van der Waals surface area contributed by atoms with E-state index in [-0.39, 0.29) is 0 Å². The lowest BCUT2D eigenvalue weighted by molar-refractivity contribution is 0.949. The molecule has 0 spiro atoms. The Balaban J connectivity index is 2.33. The highest BCUT2D eigenvalue weighted by Gasteiger charge is 2.14. The zero-order valence-electron chi connectivity index (χ0n) is 7.59. The van der Waals surface area contributed by atoms with Gasteiger partial charge in [0.15, 0.2) is 0 Å². The molecule has 2 heteroatoms. The van der Waals surface area contributed by atoms with Gasteiger partial charge >= 0.3 is 0 Å². The van der Waals surface area contributed by atoms with Crippen LogP contribution in [-0.4, -0.2) is 13.1 Å². The van der Waals surface area contributed by atoms with Gasteiger partial charge in [0.05, 0.1) is 0 Å². The molecule has 0 atom stereocenters. The van der Waals surface area contributed by atoms with Crippen LogP contribution in [0.5, 0.6) is 0 Å². The summed E-state index contributed by atoms with van der Waals surface area (Å²) in [7, 11) is 0. The summed E-state index contributed by atoms with van der Waals surface area (Å²) in [5.74, 6) is 0. The summed E-state index contributed by atoms with van der Waals surface area (Å²) in [6.45, 7) is 6.27. The summed E-state index contributed by atoms with van der Waals surface area (Å²) in [6.07, 6.45) is 2.57. The van der Waals surface area contributed by atoms with Gasteiger partial charge in [0.2, 0.25) is 0 Å². The average Bonchev–Trinajstić information content (AvgIpc) is 2.62. The Kier molecular flexibility index (Phi) is 2.45. The van der Waals surface area contributed by atoms with Crippen molar-refractivity contribution in [3.05, 3.63) is 35.7 Å². The molecule has 1 aliphatic rings. The summed E-state index contributed by atoms with van der Waals surface area (Å²) < 4.78 is 0. The minimum absolute atomic E-state index is 0.768. The summed E-state index contributed by atoms with van der Waals surface area (Å²) in [6, 6.07) is 5.98. The molecular formula is C11H13ClN. The SMILES string of the molecule is [CH2]c1c(Cl)cccc1N1CCCC1. The number of hydrogen-bond donors (Lipinski definition) is 0. The molecule has 0 aromatic heterocycles. The monoisotopic (exact) mass is 194 g/mol. The highest BCUT2D eigenvalue weighted by Crippen LogP contribution is 2.28. The minimum atomic E-state index is 0.768. The lowest BCUT2D eigenvalue weighted by Gasteiger charge is -2.20. The van der Waals surface area contributed by atoms with Crippen LogP contribution < -0.4 is 4.90 Å². The lowest BCUT2D eigenvalue weighted by atomic mass is 10.2. The van der Waals surface area contributed by atoms with Crippen molar-refractivity contribution in [2.45, 2.75) is 12.8 Å². The van der Waals surface area contributed by atoms with Crippen LogP contribution in [0.25, 0.3) is 0 Å². The molecule has 1 aromatic carbocycles. The quantitative estimate of drug-likeness (QED) is 0.664. The normalized spacial score (nSPS) is 16.6. The molecule has 1 aromatic rings. The number of benzene rings is 1. The van der Waals surface area contributed by atoms with E-state index in [1.807, 2.05) is 12.1 Å². The maximum absolute atomic E-state index is 6.00. The van der Waals surface area contributed by atoms with E-state index >= 15 is 0 Å². The Morgan fingerprint density at radius 3 is 2.62 bits per heavy atom. The number of nitrogens with zero attached hydrogens (tertiary/aromatic N) is 1. The second kappa shape index (κ2) is 3.59. The van der Waals surface area contributed by atoms with Crippen LogP contribution in [-0.2, 0) is 0 Å². The topological polar surface area (TPSA) is 3.24 Å². The van der Waals surface area contributed by atoms with Crippen molar-refractivity contribution in [1.82, 2.24) is 0 Å². The molecule has 2 rings (SSSR count). The molecule has 1 radical (unpaired) electrons. The van der Waals surface area contributed by atoms with E-state index in [4.69, 9.17) is 11.6 Å². The third kappa shape index (κ3) is 1.66. The molecule has 0 aliphatic carbocycles. The molecule has 1 saturated heterocycles. The Labute approximate surface area is 84.3 Å². The third-order valence-electron chi connectivity index (χ3n) is 2.54. The van der Waals surface area contributed by atoms with Crippen molar-refractivity contribution in [2.24, 2.45) is 0 Å². The zero-order chi connectivity index (χ0) is 9.26. The summed E-state index contributed by atoms with van der Waals surface area (Å²) in [5, 5.41) is 0.768. The number of anilines is 1. The van der Waals surface area contributed by atoms with Crippen LogP contribution >= 0.6 is 11.6 Å². The van der Waals surface area contributed by atoms with Gasteiger partial charge in [0, 0.05) is 23.8 Å². The molecule has 13 heavy (non-hydrogen) atoms. The Hall–Kier alpha value is -0.690. The summed E-state index contributed by atoms with van der Waals surface area (Å²) >= 11 is 6.00. The molecule has 1 fully saturated rings. The fourth-order valence-electron chi connectivity index (χ4n) is 1.80. The van der Waals surface area contributed by atoms with Gasteiger partial charge in [-0.05, 0) is 37.5 Å². The van der Waals surface area contributed by atoms with Gasteiger partial charge in [-0.1, -0.05) is 17.7 Å². The van der Waals surface area contributed by atoms with Crippen LogP contribution in [0, 0.1) is 6.92 Å². The van der Waals surface area contributed by atoms with E-state index in [1.165, 1.54) is 18.5 Å². The standard InChI is InChI=1S/C11H13ClN/c1-9-10(12)5-4-6-11(9)13-7-2-3-8-13/h4-6H,1-3,7-8H2. The van der Waals surface area contributed by atoms with Crippen LogP contribution in [0.15, 0.2) is 18.2 Å². The van der Waals surface area contributed by atoms with Gasteiger partial charge < -0.3 is 4.90 Å². The average molecular weight is 195 g/mol. The molecule has 0 bridgehead atoms. The van der Waals surface area contributed by atoms with Gasteiger partial charge in [-0.2, -0.15) is 0 Å². The summed E-state index contributed by atoms with van der Waals surface area (Å²) in [5.41, 5.74) is 2.16. The smallest absolute Gasteiger partial charge is 0.0458 e. The number of hydrogen-bond acceptors (Lipinski definition) is 1. The molecule has 0 saturated carbocycles. The lowest BCUT2D eigenvalue weighted by Crippen LogP contribution is -2.18. The van der Waals surface area contributed by atoms with Crippen LogP contribution in [0.3, 0.4) is 0 Å². The highest BCUT2D eigenvalue weighted by molar-refractivity contribution is 6.31. The van der Waals surface area contributed by atoms with Crippen molar-refractivity contribution >= 4 is 17.3 Å². The Morgan fingerprint density at radius 1 is 1.23 bits per heavy atom. The second-order valence-electron chi connectivity index (χ2n) is 3.43. The highest BCUT2D eigenvalue weighted by atomic mass is 35.5. The first-order valence-electron chi connectivity index (χ1n) is 4.64. The molecule has 0 unspecified atom stereocenters. The molecule has 69 valence electrons. The Bertz CT molecular complexity index is 303. The van der Waals surface area contributed by atoms with E-state index in [1.54, 1.807) is 0 Å². The van der Waals surface area contributed by atoms with E-state index in [9.17, 15) is 0 Å². The van der Waals surface area contributed by atoms with Gasteiger partial charge in [-0.25, -0.2) is 0 Å². The predicted molar refractivity (Wildman–Crippen MR) is 57.4 cm³/mol. The molecule has 0 N–H and O–H groups in total. The van der Waals surface area contributed by atoms with E-state index in [2.05, 4.69) is 17.9 Å². The maximum Gasteiger partial charge on any atom is 0.0458 e. The minimum Gasteiger partial charge on any atom is -0.371 e. The van der Waals surface area contributed by atoms with Gasteiger partial charge in [-0.15, -0.1) is 0 Å². The van der Waals surface area contributed by atoms with Crippen molar-refractivity contribution in [3.8, 4) is 0 Å². The van der Waals surface area contributed by atoms with Gasteiger partial charge in [-0.3, -0.25) is 0 Å². The van der Waals surface area contributed by atoms with Crippen molar-refractivity contribution in [3.63, 3.8) is 0 Å². The Morgan fingerprint density at radius 2 is 1.92 bits per heavy atom.